The van der Waals surface area contributed by atoms with Crippen LogP contribution in [0.2, 0.25) is 0 Å². The molecule has 2 aromatic carbocycles. The summed E-state index contributed by atoms with van der Waals surface area (Å²) in [6.45, 7) is 3.11. The van der Waals surface area contributed by atoms with Gasteiger partial charge >= 0.3 is 6.03 Å². The lowest BCUT2D eigenvalue weighted by Crippen LogP contribution is -2.43. The van der Waals surface area contributed by atoms with Crippen molar-refractivity contribution in [3.63, 3.8) is 0 Å². The highest BCUT2D eigenvalue weighted by molar-refractivity contribution is 9.10. The molecule has 1 saturated heterocycles. The Kier molecular flexibility index (Phi) is 6.67. The summed E-state index contributed by atoms with van der Waals surface area (Å²) in [5, 5.41) is 5.75. The lowest BCUT2D eigenvalue weighted by molar-refractivity contribution is -0.121. The third-order valence-electron chi connectivity index (χ3n) is 5.17. The Morgan fingerprint density at radius 2 is 1.71 bits per heavy atom. The largest absolute Gasteiger partial charge is 0.325 e. The van der Waals surface area contributed by atoms with Crippen molar-refractivity contribution in [2.75, 3.05) is 23.7 Å². The number of anilines is 2. The molecule has 7 heteroatoms. The lowest BCUT2D eigenvalue weighted by Gasteiger charge is -2.34. The highest BCUT2D eigenvalue weighted by Crippen LogP contribution is 2.28. The fraction of sp³-hybridized carbons (Fsp3) is 0.333. The fourth-order valence-electron chi connectivity index (χ4n) is 3.36. The smallest absolute Gasteiger partial charge is 0.321 e. The molecule has 0 bridgehead atoms. The van der Waals surface area contributed by atoms with Gasteiger partial charge in [0.25, 0.3) is 0 Å². The van der Waals surface area contributed by atoms with E-state index >= 15 is 0 Å². The first kappa shape index (κ1) is 20.3. The van der Waals surface area contributed by atoms with E-state index in [-0.39, 0.29) is 29.6 Å². The summed E-state index contributed by atoms with van der Waals surface area (Å²) < 4.78 is 13.8. The highest BCUT2D eigenvalue weighted by Gasteiger charge is 2.30. The Bertz CT molecular complexity index is 836. The van der Waals surface area contributed by atoms with Crippen molar-refractivity contribution in [1.29, 1.82) is 0 Å². The number of rotatable bonds is 4. The predicted molar refractivity (Wildman–Crippen MR) is 112 cm³/mol. The minimum Gasteiger partial charge on any atom is -0.325 e. The van der Waals surface area contributed by atoms with Gasteiger partial charge in [-0.15, -0.1) is 0 Å². The Morgan fingerprint density at radius 3 is 2.36 bits per heavy atom. The number of halogens is 2. The molecule has 1 fully saturated rings. The topological polar surface area (TPSA) is 61.4 Å². The standard InChI is InChI=1S/C21H23BrFN3O2/c1-14(20(27)25-19-5-3-2-4-18(19)22)15-10-12-26(13-11-15)21(28)24-17-8-6-16(23)7-9-17/h2-9,14-15H,10-13H2,1H3,(H,24,28)(H,25,27)/t14-/m1/s1. The maximum atomic E-state index is 13.0. The van der Waals surface area contributed by atoms with Crippen molar-refractivity contribution in [2.24, 2.45) is 11.8 Å². The number of nitrogens with zero attached hydrogens (tertiary/aromatic N) is 1. The Labute approximate surface area is 172 Å². The molecule has 5 nitrogen and oxygen atoms in total. The van der Waals surface area contributed by atoms with E-state index in [1.807, 2.05) is 31.2 Å². The summed E-state index contributed by atoms with van der Waals surface area (Å²) in [6, 6.07) is 13.0. The Hall–Kier alpha value is -2.41. The van der Waals surface area contributed by atoms with Gasteiger partial charge in [-0.25, -0.2) is 9.18 Å². The molecule has 0 aliphatic carbocycles. The van der Waals surface area contributed by atoms with Crippen molar-refractivity contribution in [3.8, 4) is 0 Å². The molecule has 148 valence electrons. The third-order valence-corrected chi connectivity index (χ3v) is 5.87. The van der Waals surface area contributed by atoms with Gasteiger partial charge in [-0.05, 0) is 71.1 Å². The van der Waals surface area contributed by atoms with E-state index in [2.05, 4.69) is 26.6 Å². The molecule has 1 atom stereocenters. The molecule has 1 aliphatic heterocycles. The van der Waals surface area contributed by atoms with E-state index in [9.17, 15) is 14.0 Å². The maximum Gasteiger partial charge on any atom is 0.321 e. The molecule has 0 unspecified atom stereocenters. The Morgan fingerprint density at radius 1 is 1.07 bits per heavy atom. The van der Waals surface area contributed by atoms with E-state index in [0.29, 0.717) is 18.8 Å². The first-order chi connectivity index (χ1) is 13.4. The average molecular weight is 448 g/mol. The molecule has 2 aromatic rings. The summed E-state index contributed by atoms with van der Waals surface area (Å²) in [7, 11) is 0. The highest BCUT2D eigenvalue weighted by atomic mass is 79.9. The van der Waals surface area contributed by atoms with Crippen LogP contribution in [0.25, 0.3) is 0 Å². The molecular weight excluding hydrogens is 425 g/mol. The minimum atomic E-state index is -0.339. The van der Waals surface area contributed by atoms with Gasteiger partial charge in [0, 0.05) is 29.2 Å². The van der Waals surface area contributed by atoms with Gasteiger partial charge in [-0.2, -0.15) is 0 Å². The van der Waals surface area contributed by atoms with Gasteiger partial charge in [0.2, 0.25) is 5.91 Å². The van der Waals surface area contributed by atoms with Gasteiger partial charge in [-0.1, -0.05) is 19.1 Å². The Balaban J connectivity index is 1.50. The summed E-state index contributed by atoms with van der Waals surface area (Å²) in [5.41, 5.74) is 1.32. The number of hydrogen-bond acceptors (Lipinski definition) is 2. The van der Waals surface area contributed by atoms with E-state index in [1.54, 1.807) is 4.90 Å². The number of para-hydroxylation sites is 1. The van der Waals surface area contributed by atoms with Crippen molar-refractivity contribution < 1.29 is 14.0 Å². The van der Waals surface area contributed by atoms with Gasteiger partial charge < -0.3 is 15.5 Å². The second-order valence-electron chi connectivity index (χ2n) is 7.02. The molecule has 2 N–H and O–H groups in total. The molecule has 3 amide bonds. The molecule has 3 rings (SSSR count). The van der Waals surface area contributed by atoms with Gasteiger partial charge in [0.1, 0.15) is 5.82 Å². The SMILES string of the molecule is C[C@@H](C(=O)Nc1ccccc1Br)C1CCN(C(=O)Nc2ccc(F)cc2)CC1. The number of hydrogen-bond donors (Lipinski definition) is 2. The van der Waals surface area contributed by atoms with Gasteiger partial charge in [0.15, 0.2) is 0 Å². The van der Waals surface area contributed by atoms with E-state index in [4.69, 9.17) is 0 Å². The van der Waals surface area contributed by atoms with Crippen molar-refractivity contribution in [1.82, 2.24) is 4.90 Å². The lowest BCUT2D eigenvalue weighted by atomic mass is 9.85. The van der Waals surface area contributed by atoms with Crippen molar-refractivity contribution in [2.45, 2.75) is 19.8 Å². The molecule has 0 saturated carbocycles. The number of urea groups is 1. The van der Waals surface area contributed by atoms with Crippen LogP contribution in [-0.4, -0.2) is 29.9 Å². The summed E-state index contributed by atoms with van der Waals surface area (Å²) in [6.07, 6.45) is 1.53. The second-order valence-corrected chi connectivity index (χ2v) is 7.87. The van der Waals surface area contributed by atoms with E-state index in [0.717, 1.165) is 23.0 Å². The van der Waals surface area contributed by atoms with E-state index < -0.39 is 0 Å². The fourth-order valence-corrected chi connectivity index (χ4v) is 3.75. The predicted octanol–water partition coefficient (Wildman–Crippen LogP) is 5.11. The number of likely N-dealkylation sites (tertiary alicyclic amines) is 1. The van der Waals surface area contributed by atoms with Crippen LogP contribution < -0.4 is 10.6 Å². The molecule has 1 heterocycles. The van der Waals surface area contributed by atoms with Crippen LogP contribution in [0.15, 0.2) is 53.0 Å². The normalized spacial score (nSPS) is 15.8. The zero-order valence-electron chi connectivity index (χ0n) is 15.6. The first-order valence-corrected chi connectivity index (χ1v) is 10.1. The van der Waals surface area contributed by atoms with Crippen LogP contribution in [0, 0.1) is 17.7 Å². The second kappa shape index (κ2) is 9.19. The van der Waals surface area contributed by atoms with Crippen LogP contribution in [0.5, 0.6) is 0 Å². The number of nitrogens with one attached hydrogen (secondary N) is 2. The van der Waals surface area contributed by atoms with Crippen LogP contribution in [0.4, 0.5) is 20.6 Å². The molecule has 0 aromatic heterocycles. The minimum absolute atomic E-state index is 0.0129. The van der Waals surface area contributed by atoms with Gasteiger partial charge in [0.05, 0.1) is 5.69 Å². The quantitative estimate of drug-likeness (QED) is 0.683. The first-order valence-electron chi connectivity index (χ1n) is 9.31. The van der Waals surface area contributed by atoms with Crippen molar-refractivity contribution in [3.05, 3.63) is 58.8 Å². The number of carbonyl (C=O) groups excluding carboxylic acids is 2. The van der Waals surface area contributed by atoms with Crippen LogP contribution in [0.3, 0.4) is 0 Å². The average Bonchev–Trinajstić information content (AvgIpc) is 2.71. The van der Waals surface area contributed by atoms with E-state index in [1.165, 1.54) is 24.3 Å². The third kappa shape index (κ3) is 5.10. The maximum absolute atomic E-state index is 13.0. The molecule has 0 spiro atoms. The van der Waals surface area contributed by atoms with Crippen LogP contribution in [0.1, 0.15) is 19.8 Å². The molecule has 28 heavy (non-hydrogen) atoms. The number of benzene rings is 2. The van der Waals surface area contributed by atoms with Crippen molar-refractivity contribution >= 4 is 39.2 Å². The monoisotopic (exact) mass is 447 g/mol. The molecular formula is C21H23BrFN3O2. The summed E-state index contributed by atoms with van der Waals surface area (Å²) >= 11 is 3.44. The zero-order chi connectivity index (χ0) is 20.1. The van der Waals surface area contributed by atoms with Gasteiger partial charge in [-0.3, -0.25) is 4.79 Å². The van der Waals surface area contributed by atoms with Crippen LogP contribution >= 0.6 is 15.9 Å². The number of piperidine rings is 1. The number of amides is 3. The summed E-state index contributed by atoms with van der Waals surface area (Å²) in [5.74, 6) is -0.276. The molecule has 0 radical (unpaired) electrons. The summed E-state index contributed by atoms with van der Waals surface area (Å²) in [4.78, 5) is 26.7. The molecule has 1 aliphatic rings. The zero-order valence-corrected chi connectivity index (χ0v) is 17.2. The van der Waals surface area contributed by atoms with Crippen LogP contribution in [-0.2, 0) is 4.79 Å². The number of carbonyl (C=O) groups is 2.